The molecule has 0 saturated carbocycles. The number of halogens is 1. The Morgan fingerprint density at radius 2 is 2.11 bits per heavy atom. The Morgan fingerprint density at radius 1 is 1.39 bits per heavy atom. The van der Waals surface area contributed by atoms with E-state index in [4.69, 9.17) is 4.74 Å². The molecule has 2 N–H and O–H groups in total. The van der Waals surface area contributed by atoms with Gasteiger partial charge in [0, 0.05) is 16.6 Å². The molecule has 0 aromatic heterocycles. The lowest BCUT2D eigenvalue weighted by Gasteiger charge is -2.10. The fourth-order valence-corrected chi connectivity index (χ4v) is 1.89. The summed E-state index contributed by atoms with van der Waals surface area (Å²) in [5.41, 5.74) is 0.849. The van der Waals surface area contributed by atoms with Crippen molar-refractivity contribution >= 4 is 33.5 Å². The summed E-state index contributed by atoms with van der Waals surface area (Å²) in [5, 5.41) is 5.60. The molecular formula is C12H13BrN2O3. The van der Waals surface area contributed by atoms with Gasteiger partial charge in [-0.3, -0.25) is 4.79 Å². The summed E-state index contributed by atoms with van der Waals surface area (Å²) in [6.07, 6.45) is 0.545. The number of esters is 1. The third-order valence-corrected chi connectivity index (χ3v) is 3.10. The Hall–Kier alpha value is -1.56. The maximum absolute atomic E-state index is 11.6. The maximum atomic E-state index is 11.6. The first-order chi connectivity index (χ1) is 8.65. The summed E-state index contributed by atoms with van der Waals surface area (Å²) in [4.78, 5) is 22.8. The van der Waals surface area contributed by atoms with E-state index in [1.807, 2.05) is 24.3 Å². The molecule has 1 aliphatic heterocycles. The SMILES string of the molecule is O=C(CNc1ccc(Br)cc1)N[C@H]1CCOC1=O. The van der Waals surface area contributed by atoms with Crippen molar-refractivity contribution in [1.29, 1.82) is 0 Å². The van der Waals surface area contributed by atoms with Crippen LogP contribution in [0.5, 0.6) is 0 Å². The lowest BCUT2D eigenvalue weighted by atomic mass is 10.2. The molecule has 1 aromatic rings. The van der Waals surface area contributed by atoms with Crippen molar-refractivity contribution in [2.24, 2.45) is 0 Å². The number of rotatable bonds is 4. The number of ether oxygens (including phenoxy) is 1. The van der Waals surface area contributed by atoms with Crippen molar-refractivity contribution in [3.63, 3.8) is 0 Å². The predicted octanol–water partition coefficient (Wildman–Crippen LogP) is 1.29. The van der Waals surface area contributed by atoms with Gasteiger partial charge in [-0.05, 0) is 24.3 Å². The van der Waals surface area contributed by atoms with Gasteiger partial charge < -0.3 is 15.4 Å². The van der Waals surface area contributed by atoms with Crippen molar-refractivity contribution < 1.29 is 14.3 Å². The Labute approximate surface area is 113 Å². The third kappa shape index (κ3) is 3.46. The van der Waals surface area contributed by atoms with Gasteiger partial charge in [0.15, 0.2) is 0 Å². The van der Waals surface area contributed by atoms with Gasteiger partial charge in [0.2, 0.25) is 5.91 Å². The van der Waals surface area contributed by atoms with Crippen LogP contribution in [0.1, 0.15) is 6.42 Å². The van der Waals surface area contributed by atoms with Gasteiger partial charge in [-0.2, -0.15) is 0 Å². The highest BCUT2D eigenvalue weighted by atomic mass is 79.9. The second kappa shape index (κ2) is 5.86. The van der Waals surface area contributed by atoms with Crippen molar-refractivity contribution in [1.82, 2.24) is 5.32 Å². The number of benzene rings is 1. The minimum absolute atomic E-state index is 0.130. The first kappa shape index (κ1) is 12.9. The molecule has 0 unspecified atom stereocenters. The molecule has 1 saturated heterocycles. The van der Waals surface area contributed by atoms with Crippen molar-refractivity contribution in [2.45, 2.75) is 12.5 Å². The van der Waals surface area contributed by atoms with Gasteiger partial charge >= 0.3 is 5.97 Å². The normalized spacial score (nSPS) is 18.3. The highest BCUT2D eigenvalue weighted by molar-refractivity contribution is 9.10. The number of carbonyl (C=O) groups is 2. The van der Waals surface area contributed by atoms with Crippen LogP contribution in [0.4, 0.5) is 5.69 Å². The quantitative estimate of drug-likeness (QED) is 0.822. The van der Waals surface area contributed by atoms with Crippen LogP contribution in [0.15, 0.2) is 28.7 Å². The Balaban J connectivity index is 1.78. The van der Waals surface area contributed by atoms with E-state index in [1.165, 1.54) is 0 Å². The van der Waals surface area contributed by atoms with Crippen molar-refractivity contribution in [3.8, 4) is 0 Å². The first-order valence-corrected chi connectivity index (χ1v) is 6.40. The molecule has 1 amide bonds. The second-order valence-corrected chi connectivity index (χ2v) is 4.85. The van der Waals surface area contributed by atoms with Gasteiger partial charge in [0.1, 0.15) is 6.04 Å². The third-order valence-electron chi connectivity index (χ3n) is 2.57. The smallest absolute Gasteiger partial charge is 0.328 e. The Bertz CT molecular complexity index is 447. The summed E-state index contributed by atoms with van der Waals surface area (Å²) < 4.78 is 5.74. The summed E-state index contributed by atoms with van der Waals surface area (Å²) in [6.45, 7) is 0.509. The average Bonchev–Trinajstić information content (AvgIpc) is 2.74. The van der Waals surface area contributed by atoms with Crippen LogP contribution in [0, 0.1) is 0 Å². The van der Waals surface area contributed by atoms with E-state index in [2.05, 4.69) is 26.6 Å². The van der Waals surface area contributed by atoms with Crippen LogP contribution in [0.3, 0.4) is 0 Å². The number of carbonyl (C=O) groups excluding carboxylic acids is 2. The molecule has 2 rings (SSSR count). The first-order valence-electron chi connectivity index (χ1n) is 5.60. The monoisotopic (exact) mass is 312 g/mol. The average molecular weight is 313 g/mol. The molecule has 1 heterocycles. The molecule has 1 aliphatic rings. The van der Waals surface area contributed by atoms with Gasteiger partial charge in [-0.1, -0.05) is 15.9 Å². The van der Waals surface area contributed by atoms with Gasteiger partial charge in [0.05, 0.1) is 13.2 Å². The van der Waals surface area contributed by atoms with Crippen LogP contribution in [-0.2, 0) is 14.3 Å². The predicted molar refractivity (Wildman–Crippen MR) is 70.1 cm³/mol. The number of hydrogen-bond acceptors (Lipinski definition) is 4. The molecule has 0 spiro atoms. The molecule has 96 valence electrons. The topological polar surface area (TPSA) is 67.4 Å². The largest absolute Gasteiger partial charge is 0.464 e. The number of hydrogen-bond donors (Lipinski definition) is 2. The molecule has 1 fully saturated rings. The van der Waals surface area contributed by atoms with E-state index in [1.54, 1.807) is 0 Å². The van der Waals surface area contributed by atoms with Crippen LogP contribution < -0.4 is 10.6 Å². The van der Waals surface area contributed by atoms with Crippen molar-refractivity contribution in [3.05, 3.63) is 28.7 Å². The minimum atomic E-state index is -0.496. The van der Waals surface area contributed by atoms with Crippen LogP contribution in [-0.4, -0.2) is 31.1 Å². The molecule has 6 heteroatoms. The number of amides is 1. The van der Waals surface area contributed by atoms with Crippen LogP contribution in [0.25, 0.3) is 0 Å². The van der Waals surface area contributed by atoms with Gasteiger partial charge in [-0.25, -0.2) is 4.79 Å². The van der Waals surface area contributed by atoms with E-state index in [9.17, 15) is 9.59 Å². The van der Waals surface area contributed by atoms with E-state index in [-0.39, 0.29) is 18.4 Å². The van der Waals surface area contributed by atoms with E-state index in [0.717, 1.165) is 10.2 Å². The zero-order valence-corrected chi connectivity index (χ0v) is 11.2. The molecular weight excluding hydrogens is 300 g/mol. The van der Waals surface area contributed by atoms with Gasteiger partial charge in [0.25, 0.3) is 0 Å². The Morgan fingerprint density at radius 3 is 2.72 bits per heavy atom. The number of anilines is 1. The zero-order valence-electron chi connectivity index (χ0n) is 9.61. The second-order valence-electron chi connectivity index (χ2n) is 3.94. The zero-order chi connectivity index (χ0) is 13.0. The summed E-state index contributed by atoms with van der Waals surface area (Å²) in [6, 6.07) is 7.00. The van der Waals surface area contributed by atoms with Crippen molar-refractivity contribution in [2.75, 3.05) is 18.5 Å². The Kier molecular flexibility index (Phi) is 4.19. The molecule has 0 aliphatic carbocycles. The molecule has 1 atom stereocenters. The van der Waals surface area contributed by atoms with E-state index < -0.39 is 6.04 Å². The fraction of sp³-hybridized carbons (Fsp3) is 0.333. The molecule has 0 bridgehead atoms. The van der Waals surface area contributed by atoms with E-state index >= 15 is 0 Å². The number of nitrogens with one attached hydrogen (secondary N) is 2. The number of cyclic esters (lactones) is 1. The standard InChI is InChI=1S/C12H13BrN2O3/c13-8-1-3-9(4-2-8)14-7-11(16)15-10-5-6-18-12(10)17/h1-4,10,14H,5-7H2,(H,15,16)/t10-/m0/s1. The molecule has 0 radical (unpaired) electrons. The van der Waals surface area contributed by atoms with Crippen LogP contribution in [0.2, 0.25) is 0 Å². The fourth-order valence-electron chi connectivity index (χ4n) is 1.62. The lowest BCUT2D eigenvalue weighted by molar-refractivity contribution is -0.141. The summed E-state index contributed by atoms with van der Waals surface area (Å²) in [7, 11) is 0. The summed E-state index contributed by atoms with van der Waals surface area (Å²) >= 11 is 3.33. The maximum Gasteiger partial charge on any atom is 0.328 e. The molecule has 1 aromatic carbocycles. The van der Waals surface area contributed by atoms with Gasteiger partial charge in [-0.15, -0.1) is 0 Å². The summed E-state index contributed by atoms with van der Waals surface area (Å²) in [5.74, 6) is -0.575. The van der Waals surface area contributed by atoms with E-state index in [0.29, 0.717) is 13.0 Å². The lowest BCUT2D eigenvalue weighted by Crippen LogP contribution is -2.40. The highest BCUT2D eigenvalue weighted by Gasteiger charge is 2.27. The highest BCUT2D eigenvalue weighted by Crippen LogP contribution is 2.13. The minimum Gasteiger partial charge on any atom is -0.464 e. The van der Waals surface area contributed by atoms with Crippen LogP contribution >= 0.6 is 15.9 Å². The molecule has 5 nitrogen and oxygen atoms in total. The molecule has 18 heavy (non-hydrogen) atoms.